The molecule has 0 fully saturated rings. The van der Waals surface area contributed by atoms with E-state index in [0.717, 1.165) is 19.1 Å². The number of halogens is 3. The van der Waals surface area contributed by atoms with Gasteiger partial charge < -0.3 is 14.2 Å². The van der Waals surface area contributed by atoms with Gasteiger partial charge in [-0.05, 0) is 47.9 Å². The minimum atomic E-state index is -4.80. The van der Waals surface area contributed by atoms with Crippen molar-refractivity contribution in [2.75, 3.05) is 18.6 Å². The summed E-state index contributed by atoms with van der Waals surface area (Å²) in [5.41, 5.74) is 2.24. The van der Waals surface area contributed by atoms with Gasteiger partial charge in [0.25, 0.3) is 0 Å². The number of ether oxygens (including phenoxy) is 3. The normalized spacial score (nSPS) is 11.0. The Balaban J connectivity index is 2.04. The first-order valence-corrected chi connectivity index (χ1v) is 10.8. The van der Waals surface area contributed by atoms with Gasteiger partial charge in [0.2, 0.25) is 0 Å². The van der Waals surface area contributed by atoms with Gasteiger partial charge in [-0.15, -0.1) is 13.2 Å². The Hall–Kier alpha value is -4.01. The molecule has 184 valence electrons. The molecule has 0 spiro atoms. The smallest absolute Gasteiger partial charge is 0.493 e. The topological polar surface area (TPSA) is 65.1 Å². The summed E-state index contributed by atoms with van der Waals surface area (Å²) in [5, 5.41) is 0. The van der Waals surface area contributed by atoms with Gasteiger partial charge in [0.15, 0.2) is 0 Å². The minimum Gasteiger partial charge on any atom is -0.493 e. The molecule has 0 aromatic heterocycles. The summed E-state index contributed by atoms with van der Waals surface area (Å²) in [6.45, 7) is 2.45. The predicted octanol–water partition coefficient (Wildman–Crippen LogP) is 5.75. The number of amides is 1. The van der Waals surface area contributed by atoms with Crippen LogP contribution in [0.3, 0.4) is 0 Å². The lowest BCUT2D eigenvalue weighted by Gasteiger charge is -2.23. The molecule has 0 radical (unpaired) electrons. The lowest BCUT2D eigenvalue weighted by Crippen LogP contribution is -2.36. The summed E-state index contributed by atoms with van der Waals surface area (Å²) in [6, 6.07) is 19.3. The third-order valence-electron chi connectivity index (χ3n) is 4.92. The van der Waals surface area contributed by atoms with Crippen LogP contribution < -0.4 is 14.4 Å². The number of carbonyl (C=O) groups excluding carboxylic acids is 2. The second-order valence-corrected chi connectivity index (χ2v) is 7.47. The average Bonchev–Trinajstić information content (AvgIpc) is 2.85. The van der Waals surface area contributed by atoms with Gasteiger partial charge in [-0.1, -0.05) is 49.4 Å². The van der Waals surface area contributed by atoms with E-state index < -0.39 is 18.2 Å². The quantitative estimate of drug-likeness (QED) is 0.299. The van der Waals surface area contributed by atoms with Crippen molar-refractivity contribution in [3.05, 3.63) is 78.4 Å². The van der Waals surface area contributed by atoms with Crippen LogP contribution in [0.25, 0.3) is 11.1 Å². The fraction of sp³-hybridized carbons (Fsp3) is 0.231. The van der Waals surface area contributed by atoms with Crippen molar-refractivity contribution in [2.24, 2.45) is 0 Å². The highest BCUT2D eigenvalue weighted by molar-refractivity contribution is 6.38. The molecular weight excluding hydrogens is 463 g/mol. The van der Waals surface area contributed by atoms with E-state index in [1.54, 1.807) is 18.2 Å². The highest BCUT2D eigenvalue weighted by Crippen LogP contribution is 2.36. The maximum absolute atomic E-state index is 12.9. The van der Waals surface area contributed by atoms with E-state index in [1.165, 1.54) is 29.2 Å². The van der Waals surface area contributed by atoms with Crippen LogP contribution in [-0.4, -0.2) is 32.0 Å². The number of benzene rings is 3. The van der Waals surface area contributed by atoms with Crippen LogP contribution in [0, 0.1) is 0 Å². The van der Waals surface area contributed by atoms with Gasteiger partial charge in [-0.3, -0.25) is 9.69 Å². The monoisotopic (exact) mass is 487 g/mol. The number of esters is 1. The predicted molar refractivity (Wildman–Crippen MR) is 124 cm³/mol. The summed E-state index contributed by atoms with van der Waals surface area (Å²) in [6.07, 6.45) is -4.07. The molecule has 0 saturated heterocycles. The number of carbonyl (C=O) groups is 2. The lowest BCUT2D eigenvalue weighted by molar-refractivity contribution is -0.274. The van der Waals surface area contributed by atoms with Crippen molar-refractivity contribution >= 4 is 17.6 Å². The Labute approximate surface area is 200 Å². The van der Waals surface area contributed by atoms with E-state index in [0.29, 0.717) is 29.2 Å². The van der Waals surface area contributed by atoms with Crippen LogP contribution in [0.1, 0.15) is 18.9 Å². The van der Waals surface area contributed by atoms with Crippen molar-refractivity contribution in [3.8, 4) is 22.6 Å². The Morgan fingerprint density at radius 1 is 0.943 bits per heavy atom. The summed E-state index contributed by atoms with van der Waals surface area (Å²) >= 11 is 0. The maximum Gasteiger partial charge on any atom is 0.573 e. The fourth-order valence-electron chi connectivity index (χ4n) is 3.33. The van der Waals surface area contributed by atoms with Gasteiger partial charge in [-0.25, -0.2) is 4.79 Å². The molecule has 3 aromatic rings. The Morgan fingerprint density at radius 2 is 1.63 bits per heavy atom. The van der Waals surface area contributed by atoms with Crippen LogP contribution in [0.2, 0.25) is 0 Å². The highest BCUT2D eigenvalue weighted by atomic mass is 19.4. The maximum atomic E-state index is 12.9. The first kappa shape index (κ1) is 25.6. The molecule has 0 aliphatic heterocycles. The Morgan fingerprint density at radius 3 is 2.23 bits per heavy atom. The third-order valence-corrected chi connectivity index (χ3v) is 4.92. The first-order valence-electron chi connectivity index (χ1n) is 10.8. The van der Waals surface area contributed by atoms with Crippen LogP contribution in [0.5, 0.6) is 11.5 Å². The third kappa shape index (κ3) is 6.99. The molecule has 0 N–H and O–H groups in total. The molecule has 0 aliphatic rings. The molecular formula is C26H24F3NO5. The molecule has 3 aromatic carbocycles. The highest BCUT2D eigenvalue weighted by Gasteiger charge is 2.31. The van der Waals surface area contributed by atoms with Crippen molar-refractivity contribution in [2.45, 2.75) is 26.3 Å². The standard InChI is InChI=1S/C26H24F3NO5/c1-3-15-34-23-14-11-20(16-22(23)19-9-12-21(13-10-19)35-26(27,28)29)30(24(31)25(32)33-2)17-18-7-5-4-6-8-18/h4-14,16H,3,15,17H2,1-2H3. The van der Waals surface area contributed by atoms with Crippen molar-refractivity contribution < 1.29 is 37.0 Å². The number of alkyl halides is 3. The van der Waals surface area contributed by atoms with E-state index in [-0.39, 0.29) is 12.3 Å². The number of methoxy groups -OCH3 is 1. The molecule has 0 bridgehead atoms. The molecule has 9 heteroatoms. The number of hydrogen-bond donors (Lipinski definition) is 0. The zero-order chi connectivity index (χ0) is 25.4. The first-order chi connectivity index (χ1) is 16.7. The van der Waals surface area contributed by atoms with Gasteiger partial charge in [0.05, 0.1) is 20.3 Å². The number of hydrogen-bond acceptors (Lipinski definition) is 5. The second kappa shape index (κ2) is 11.4. The summed E-state index contributed by atoms with van der Waals surface area (Å²) in [5.74, 6) is -1.77. The lowest BCUT2D eigenvalue weighted by atomic mass is 10.0. The molecule has 0 atom stereocenters. The van der Waals surface area contributed by atoms with E-state index in [2.05, 4.69) is 9.47 Å². The zero-order valence-electron chi connectivity index (χ0n) is 19.2. The van der Waals surface area contributed by atoms with Crippen LogP contribution in [0.15, 0.2) is 72.8 Å². The fourth-order valence-corrected chi connectivity index (χ4v) is 3.33. The zero-order valence-corrected chi connectivity index (χ0v) is 19.2. The van der Waals surface area contributed by atoms with Gasteiger partial charge in [0.1, 0.15) is 11.5 Å². The van der Waals surface area contributed by atoms with Crippen LogP contribution >= 0.6 is 0 Å². The second-order valence-electron chi connectivity index (χ2n) is 7.47. The van der Waals surface area contributed by atoms with Crippen LogP contribution in [-0.2, 0) is 20.9 Å². The molecule has 35 heavy (non-hydrogen) atoms. The van der Waals surface area contributed by atoms with Crippen LogP contribution in [0.4, 0.5) is 18.9 Å². The summed E-state index contributed by atoms with van der Waals surface area (Å²) in [4.78, 5) is 26.2. The van der Waals surface area contributed by atoms with Crippen molar-refractivity contribution in [1.29, 1.82) is 0 Å². The average molecular weight is 487 g/mol. The van der Waals surface area contributed by atoms with Gasteiger partial charge in [-0.2, -0.15) is 0 Å². The van der Waals surface area contributed by atoms with Gasteiger partial charge >= 0.3 is 18.2 Å². The largest absolute Gasteiger partial charge is 0.573 e. The van der Waals surface area contributed by atoms with Crippen molar-refractivity contribution in [3.63, 3.8) is 0 Å². The number of rotatable bonds is 8. The van der Waals surface area contributed by atoms with Gasteiger partial charge in [0, 0.05) is 11.3 Å². The molecule has 0 unspecified atom stereocenters. The molecule has 3 rings (SSSR count). The Kier molecular flexibility index (Phi) is 8.35. The van der Waals surface area contributed by atoms with E-state index in [9.17, 15) is 22.8 Å². The van der Waals surface area contributed by atoms with Crippen molar-refractivity contribution in [1.82, 2.24) is 0 Å². The SMILES string of the molecule is CCCOc1ccc(N(Cc2ccccc2)C(=O)C(=O)OC)cc1-c1ccc(OC(F)(F)F)cc1. The molecule has 0 saturated carbocycles. The molecule has 0 aliphatic carbocycles. The number of nitrogens with zero attached hydrogens (tertiary/aromatic N) is 1. The van der Waals surface area contributed by atoms with E-state index in [1.807, 2.05) is 37.3 Å². The molecule has 1 amide bonds. The number of anilines is 1. The molecule has 0 heterocycles. The van der Waals surface area contributed by atoms with E-state index in [4.69, 9.17) is 4.74 Å². The molecule has 6 nitrogen and oxygen atoms in total. The Bertz CT molecular complexity index is 1150. The minimum absolute atomic E-state index is 0.0989. The summed E-state index contributed by atoms with van der Waals surface area (Å²) < 4.78 is 52.0. The van der Waals surface area contributed by atoms with E-state index >= 15 is 0 Å². The summed E-state index contributed by atoms with van der Waals surface area (Å²) in [7, 11) is 1.12.